The van der Waals surface area contributed by atoms with E-state index in [0.29, 0.717) is 12.6 Å². The monoisotopic (exact) mass is 302 g/mol. The number of nitrogen functional groups attached to an aromatic ring is 1. The van der Waals surface area contributed by atoms with E-state index in [-0.39, 0.29) is 18.6 Å². The van der Waals surface area contributed by atoms with Crippen LogP contribution in [-0.4, -0.2) is 51.3 Å². The van der Waals surface area contributed by atoms with Crippen molar-refractivity contribution in [3.05, 3.63) is 0 Å². The van der Waals surface area contributed by atoms with Crippen LogP contribution in [0.15, 0.2) is 0 Å². The van der Waals surface area contributed by atoms with Gasteiger partial charge in [-0.3, -0.25) is 5.43 Å². The van der Waals surface area contributed by atoms with Gasteiger partial charge in [-0.1, -0.05) is 6.92 Å². The highest BCUT2D eigenvalue weighted by Crippen LogP contribution is 2.11. The average Bonchev–Trinajstić information content (AvgIpc) is 2.48. The Hall–Kier alpha value is -1.32. The van der Waals surface area contributed by atoms with Gasteiger partial charge in [-0.25, -0.2) is 5.84 Å². The van der Waals surface area contributed by atoms with Crippen molar-refractivity contribution in [1.29, 1.82) is 0 Å². The van der Waals surface area contributed by atoms with Crippen LogP contribution >= 0.6 is 11.8 Å². The SMILES string of the molecule is CCCOc1nc(NN)nc(NCCSCCCO)n1. The third-order valence-corrected chi connectivity index (χ3v) is 3.23. The van der Waals surface area contributed by atoms with Crippen molar-refractivity contribution < 1.29 is 9.84 Å². The quantitative estimate of drug-likeness (QED) is 0.263. The standard InChI is InChI=1S/C11H22N6O2S/c1-2-6-19-11-15-9(14-10(16-11)17-12)13-4-8-20-7-3-5-18/h18H,2-8,12H2,1H3,(H2,13,14,15,16,17). The molecule has 0 radical (unpaired) electrons. The van der Waals surface area contributed by atoms with Gasteiger partial charge in [-0.15, -0.1) is 0 Å². The van der Waals surface area contributed by atoms with Gasteiger partial charge in [0, 0.05) is 18.9 Å². The van der Waals surface area contributed by atoms with Crippen LogP contribution in [0.25, 0.3) is 0 Å². The Balaban J connectivity index is 2.42. The second kappa shape index (κ2) is 10.5. The minimum atomic E-state index is 0.234. The molecule has 0 aromatic carbocycles. The Morgan fingerprint density at radius 1 is 1.25 bits per heavy atom. The van der Waals surface area contributed by atoms with Crippen LogP contribution < -0.4 is 21.3 Å². The molecule has 0 aliphatic heterocycles. The molecule has 0 unspecified atom stereocenters. The highest BCUT2D eigenvalue weighted by atomic mass is 32.2. The maximum Gasteiger partial charge on any atom is 0.323 e. The molecule has 8 nitrogen and oxygen atoms in total. The Bertz CT molecular complexity index is 382. The number of aliphatic hydroxyl groups is 1. The van der Waals surface area contributed by atoms with Gasteiger partial charge in [0.2, 0.25) is 11.9 Å². The Kier molecular flexibility index (Phi) is 8.76. The highest BCUT2D eigenvalue weighted by Gasteiger charge is 2.06. The van der Waals surface area contributed by atoms with Crippen molar-refractivity contribution in [1.82, 2.24) is 15.0 Å². The van der Waals surface area contributed by atoms with Gasteiger partial charge in [0.05, 0.1) is 6.61 Å². The topological polar surface area (TPSA) is 118 Å². The summed E-state index contributed by atoms with van der Waals surface area (Å²) in [5.74, 6) is 7.85. The van der Waals surface area contributed by atoms with E-state index in [1.54, 1.807) is 11.8 Å². The number of rotatable bonds is 11. The molecule has 0 saturated heterocycles. The maximum atomic E-state index is 8.67. The molecule has 9 heteroatoms. The van der Waals surface area contributed by atoms with Gasteiger partial charge in [0.1, 0.15) is 0 Å². The second-order valence-corrected chi connectivity index (χ2v) is 5.10. The molecule has 1 aromatic heterocycles. The van der Waals surface area contributed by atoms with E-state index in [1.165, 1.54) is 0 Å². The van der Waals surface area contributed by atoms with Crippen LogP contribution in [-0.2, 0) is 0 Å². The number of aliphatic hydroxyl groups excluding tert-OH is 1. The molecule has 1 heterocycles. The van der Waals surface area contributed by atoms with Crippen LogP contribution in [0.2, 0.25) is 0 Å². The van der Waals surface area contributed by atoms with Gasteiger partial charge in [-0.05, 0) is 18.6 Å². The molecule has 20 heavy (non-hydrogen) atoms. The van der Waals surface area contributed by atoms with Crippen LogP contribution in [0.5, 0.6) is 6.01 Å². The molecule has 0 amide bonds. The maximum absolute atomic E-state index is 8.67. The predicted molar refractivity (Wildman–Crippen MR) is 80.9 cm³/mol. The zero-order valence-electron chi connectivity index (χ0n) is 11.6. The summed E-state index contributed by atoms with van der Waals surface area (Å²) in [4.78, 5) is 12.3. The van der Waals surface area contributed by atoms with Crippen LogP contribution in [0, 0.1) is 0 Å². The smallest absolute Gasteiger partial charge is 0.323 e. The van der Waals surface area contributed by atoms with Gasteiger partial charge >= 0.3 is 6.01 Å². The van der Waals surface area contributed by atoms with E-state index < -0.39 is 0 Å². The lowest BCUT2D eigenvalue weighted by Crippen LogP contribution is -2.15. The van der Waals surface area contributed by atoms with Crippen molar-refractivity contribution >= 4 is 23.7 Å². The number of anilines is 2. The van der Waals surface area contributed by atoms with Crippen molar-refractivity contribution in [2.75, 3.05) is 42.0 Å². The third-order valence-electron chi connectivity index (χ3n) is 2.16. The zero-order valence-corrected chi connectivity index (χ0v) is 12.4. The van der Waals surface area contributed by atoms with Crippen LogP contribution in [0.1, 0.15) is 19.8 Å². The number of aromatic nitrogens is 3. The second-order valence-electron chi connectivity index (χ2n) is 3.87. The first kappa shape index (κ1) is 16.7. The van der Waals surface area contributed by atoms with E-state index in [2.05, 4.69) is 25.7 Å². The first-order valence-corrected chi connectivity index (χ1v) is 7.73. The largest absolute Gasteiger partial charge is 0.463 e. The summed E-state index contributed by atoms with van der Waals surface area (Å²) in [6.07, 6.45) is 1.69. The molecule has 0 fully saturated rings. The number of nitrogens with zero attached hydrogens (tertiary/aromatic N) is 3. The van der Waals surface area contributed by atoms with Crippen molar-refractivity contribution in [3.63, 3.8) is 0 Å². The lowest BCUT2D eigenvalue weighted by atomic mass is 10.5. The van der Waals surface area contributed by atoms with E-state index in [9.17, 15) is 0 Å². The number of ether oxygens (including phenoxy) is 1. The molecule has 114 valence electrons. The van der Waals surface area contributed by atoms with Crippen LogP contribution in [0.4, 0.5) is 11.9 Å². The van der Waals surface area contributed by atoms with E-state index in [0.717, 1.165) is 30.9 Å². The highest BCUT2D eigenvalue weighted by molar-refractivity contribution is 7.99. The van der Waals surface area contributed by atoms with Crippen LogP contribution in [0.3, 0.4) is 0 Å². The number of nitrogens with two attached hydrogens (primary N) is 1. The van der Waals surface area contributed by atoms with E-state index >= 15 is 0 Å². The predicted octanol–water partition coefficient (Wildman–Crippen LogP) is 0.473. The number of thioether (sulfide) groups is 1. The third kappa shape index (κ3) is 6.73. The van der Waals surface area contributed by atoms with Gasteiger partial charge < -0.3 is 15.2 Å². The molecule has 1 aromatic rings. The fourth-order valence-corrected chi connectivity index (χ4v) is 2.05. The number of hydrogen-bond acceptors (Lipinski definition) is 9. The van der Waals surface area contributed by atoms with E-state index in [4.69, 9.17) is 15.7 Å². The number of hydrogen-bond donors (Lipinski definition) is 4. The Morgan fingerprint density at radius 3 is 2.75 bits per heavy atom. The fourth-order valence-electron chi connectivity index (χ4n) is 1.26. The normalized spacial score (nSPS) is 10.3. The van der Waals surface area contributed by atoms with Crippen molar-refractivity contribution in [2.24, 2.45) is 5.84 Å². The molecular formula is C11H22N6O2S. The first-order valence-electron chi connectivity index (χ1n) is 6.58. The van der Waals surface area contributed by atoms with E-state index in [1.807, 2.05) is 6.92 Å². The molecule has 0 aliphatic rings. The summed E-state index contributed by atoms with van der Waals surface area (Å²) >= 11 is 1.76. The summed E-state index contributed by atoms with van der Waals surface area (Å²) in [6, 6.07) is 0.255. The molecule has 0 aliphatic carbocycles. The lowest BCUT2D eigenvalue weighted by Gasteiger charge is -2.08. The minimum absolute atomic E-state index is 0.234. The zero-order chi connectivity index (χ0) is 14.6. The molecule has 5 N–H and O–H groups in total. The van der Waals surface area contributed by atoms with Gasteiger partial charge in [0.25, 0.3) is 0 Å². The summed E-state index contributed by atoms with van der Waals surface area (Å²) in [5, 5.41) is 11.8. The Morgan fingerprint density at radius 2 is 2.05 bits per heavy atom. The summed E-state index contributed by atoms with van der Waals surface area (Å²) in [5.41, 5.74) is 2.39. The molecule has 0 atom stereocenters. The summed E-state index contributed by atoms with van der Waals surface area (Å²) < 4.78 is 5.37. The van der Waals surface area contributed by atoms with Gasteiger partial charge in [-0.2, -0.15) is 26.7 Å². The lowest BCUT2D eigenvalue weighted by molar-refractivity contribution is 0.292. The molecule has 1 rings (SSSR count). The van der Waals surface area contributed by atoms with Crippen molar-refractivity contribution in [2.45, 2.75) is 19.8 Å². The minimum Gasteiger partial charge on any atom is -0.463 e. The average molecular weight is 302 g/mol. The fraction of sp³-hybridized carbons (Fsp3) is 0.727. The van der Waals surface area contributed by atoms with Gasteiger partial charge in [0.15, 0.2) is 0 Å². The molecule has 0 saturated carbocycles. The first-order chi connectivity index (χ1) is 9.80. The molecule has 0 bridgehead atoms. The summed E-state index contributed by atoms with van der Waals surface area (Å²) in [7, 11) is 0. The number of hydrazine groups is 1. The Labute approximate surface area is 122 Å². The summed E-state index contributed by atoms with van der Waals surface area (Å²) in [6.45, 7) is 3.51. The number of nitrogens with one attached hydrogen (secondary N) is 2. The molecule has 0 spiro atoms. The molecular weight excluding hydrogens is 280 g/mol. The van der Waals surface area contributed by atoms with Crippen molar-refractivity contribution in [3.8, 4) is 6.01 Å².